The van der Waals surface area contributed by atoms with Crippen LogP contribution in [0.5, 0.6) is 0 Å². The van der Waals surface area contributed by atoms with Crippen molar-refractivity contribution in [1.29, 1.82) is 0 Å². The van der Waals surface area contributed by atoms with E-state index in [0.29, 0.717) is 5.56 Å². The summed E-state index contributed by atoms with van der Waals surface area (Å²) in [5.41, 5.74) is 5.15. The van der Waals surface area contributed by atoms with Crippen molar-refractivity contribution in [3.05, 3.63) is 103 Å². The van der Waals surface area contributed by atoms with Gasteiger partial charge in [0, 0.05) is 52.0 Å². The molecule has 0 radical (unpaired) electrons. The Kier molecular flexibility index (Phi) is 5.42. The monoisotopic (exact) mass is 419 g/mol. The van der Waals surface area contributed by atoms with E-state index in [-0.39, 0.29) is 5.78 Å². The first-order valence-electron chi connectivity index (χ1n) is 11.1. The molecule has 0 atom stereocenters. The number of carbonyl (C=O) groups excluding carboxylic acids is 1. The number of rotatable bonds is 7. The lowest BCUT2D eigenvalue weighted by atomic mass is 10.1. The molecule has 4 heteroatoms. The number of aromatic nitrogens is 3. The predicted octanol–water partition coefficient (Wildman–Crippen LogP) is 6.68. The molecule has 32 heavy (non-hydrogen) atoms. The first-order valence-corrected chi connectivity index (χ1v) is 11.1. The van der Waals surface area contributed by atoms with Crippen molar-refractivity contribution in [2.75, 3.05) is 0 Å². The fourth-order valence-corrected chi connectivity index (χ4v) is 4.20. The van der Waals surface area contributed by atoms with Crippen LogP contribution < -0.4 is 0 Å². The second-order valence-corrected chi connectivity index (χ2v) is 8.01. The molecular weight excluding hydrogens is 394 g/mol. The van der Waals surface area contributed by atoms with E-state index >= 15 is 0 Å². The molecular formula is C28H25N3O. The number of allylic oxidation sites excluding steroid dienone is 1. The standard InChI is InChI=1S/C28H25N3O/c1-2-3-17-31-26-7-5-4-6-24(26)25-19-22(11-14-27(25)31)28(32)15-10-21-8-12-23(13-9-21)30-18-16-29-20-30/h4-16,18-20H,2-3,17H2,1H3/b15-10+. The lowest BCUT2D eigenvalue weighted by Crippen LogP contribution is -1.98. The zero-order chi connectivity index (χ0) is 21.9. The molecule has 0 fully saturated rings. The molecule has 3 aromatic carbocycles. The Labute approximate surface area is 187 Å². The van der Waals surface area contributed by atoms with Crippen LogP contribution in [0.4, 0.5) is 0 Å². The van der Waals surface area contributed by atoms with Gasteiger partial charge in [-0.25, -0.2) is 4.98 Å². The number of benzene rings is 3. The third-order valence-electron chi connectivity index (χ3n) is 5.91. The highest BCUT2D eigenvalue weighted by Gasteiger charge is 2.12. The van der Waals surface area contributed by atoms with Gasteiger partial charge in [0.05, 0.1) is 6.33 Å². The highest BCUT2D eigenvalue weighted by molar-refractivity contribution is 6.13. The quantitative estimate of drug-likeness (QED) is 0.218. The van der Waals surface area contributed by atoms with Gasteiger partial charge in [-0.1, -0.05) is 49.8 Å². The summed E-state index contributed by atoms with van der Waals surface area (Å²) in [6.45, 7) is 3.20. The summed E-state index contributed by atoms with van der Waals surface area (Å²) < 4.78 is 4.32. The molecule has 5 rings (SSSR count). The largest absolute Gasteiger partial charge is 0.340 e. The number of ketones is 1. The maximum absolute atomic E-state index is 12.9. The number of nitrogens with zero attached hydrogens (tertiary/aromatic N) is 3. The van der Waals surface area contributed by atoms with Crippen LogP contribution in [0.15, 0.2) is 91.5 Å². The van der Waals surface area contributed by atoms with Crippen molar-refractivity contribution >= 4 is 33.7 Å². The Morgan fingerprint density at radius 2 is 1.78 bits per heavy atom. The normalized spacial score (nSPS) is 11.7. The van der Waals surface area contributed by atoms with E-state index in [9.17, 15) is 4.79 Å². The predicted molar refractivity (Wildman–Crippen MR) is 131 cm³/mol. The van der Waals surface area contributed by atoms with Crippen LogP contribution in [0, 0.1) is 0 Å². The molecule has 158 valence electrons. The summed E-state index contributed by atoms with van der Waals surface area (Å²) >= 11 is 0. The van der Waals surface area contributed by atoms with Gasteiger partial charge in [-0.3, -0.25) is 4.79 Å². The summed E-state index contributed by atoms with van der Waals surface area (Å²) in [4.78, 5) is 17.0. The van der Waals surface area contributed by atoms with E-state index in [4.69, 9.17) is 0 Å². The smallest absolute Gasteiger partial charge is 0.185 e. The molecule has 0 amide bonds. The maximum atomic E-state index is 12.9. The number of para-hydroxylation sites is 1. The molecule has 0 N–H and O–H groups in total. The minimum atomic E-state index is 0.0102. The lowest BCUT2D eigenvalue weighted by Gasteiger charge is -2.06. The van der Waals surface area contributed by atoms with Crippen LogP contribution in [0.2, 0.25) is 0 Å². The summed E-state index contributed by atoms with van der Waals surface area (Å²) in [5.74, 6) is 0.0102. The van der Waals surface area contributed by atoms with Crippen molar-refractivity contribution in [1.82, 2.24) is 14.1 Å². The van der Waals surface area contributed by atoms with Crippen molar-refractivity contribution in [2.45, 2.75) is 26.3 Å². The van der Waals surface area contributed by atoms with E-state index in [1.54, 1.807) is 18.6 Å². The lowest BCUT2D eigenvalue weighted by molar-refractivity contribution is 0.104. The number of hydrogen-bond donors (Lipinski definition) is 0. The molecule has 0 saturated carbocycles. The van der Waals surface area contributed by atoms with Gasteiger partial charge < -0.3 is 9.13 Å². The number of aryl methyl sites for hydroxylation is 1. The van der Waals surface area contributed by atoms with Gasteiger partial charge in [0.25, 0.3) is 0 Å². The molecule has 0 unspecified atom stereocenters. The number of carbonyl (C=O) groups is 1. The van der Waals surface area contributed by atoms with Crippen LogP contribution in [-0.2, 0) is 6.54 Å². The number of unbranched alkanes of at least 4 members (excludes halogenated alkanes) is 1. The van der Waals surface area contributed by atoms with Crippen LogP contribution in [0.25, 0.3) is 33.6 Å². The van der Waals surface area contributed by atoms with Crippen molar-refractivity contribution in [2.24, 2.45) is 0 Å². The third-order valence-corrected chi connectivity index (χ3v) is 5.91. The Bertz CT molecular complexity index is 1410. The van der Waals surface area contributed by atoms with Crippen molar-refractivity contribution in [3.8, 4) is 5.69 Å². The summed E-state index contributed by atoms with van der Waals surface area (Å²) in [6, 6.07) is 22.6. The average Bonchev–Trinajstić information content (AvgIpc) is 3.48. The Morgan fingerprint density at radius 3 is 2.56 bits per heavy atom. The minimum absolute atomic E-state index is 0.0102. The Hall–Kier alpha value is -3.92. The van der Waals surface area contributed by atoms with E-state index < -0.39 is 0 Å². The molecule has 0 aliphatic heterocycles. The van der Waals surface area contributed by atoms with E-state index in [1.807, 2.05) is 53.2 Å². The van der Waals surface area contributed by atoms with Gasteiger partial charge in [-0.15, -0.1) is 0 Å². The number of fused-ring (bicyclic) bond motifs is 3. The molecule has 0 bridgehead atoms. The number of hydrogen-bond acceptors (Lipinski definition) is 2. The highest BCUT2D eigenvalue weighted by atomic mass is 16.1. The fraction of sp³-hybridized carbons (Fsp3) is 0.143. The highest BCUT2D eigenvalue weighted by Crippen LogP contribution is 2.30. The minimum Gasteiger partial charge on any atom is -0.340 e. The first-order chi connectivity index (χ1) is 15.7. The third kappa shape index (κ3) is 3.76. The number of imidazole rings is 1. The Balaban J connectivity index is 1.43. The molecule has 0 aliphatic rings. The zero-order valence-corrected chi connectivity index (χ0v) is 18.1. The SMILES string of the molecule is CCCCn1c2ccccc2c2cc(C(=O)/C=C/c3ccc(-n4ccnc4)cc3)ccc21. The van der Waals surface area contributed by atoms with Gasteiger partial charge in [0.2, 0.25) is 0 Å². The molecule has 0 aliphatic carbocycles. The maximum Gasteiger partial charge on any atom is 0.185 e. The summed E-state index contributed by atoms with van der Waals surface area (Å²) in [6.07, 6.45) is 11.2. The van der Waals surface area contributed by atoms with Gasteiger partial charge in [-0.2, -0.15) is 0 Å². The molecule has 5 aromatic rings. The van der Waals surface area contributed by atoms with Gasteiger partial charge in [0.1, 0.15) is 0 Å². The topological polar surface area (TPSA) is 39.8 Å². The van der Waals surface area contributed by atoms with Gasteiger partial charge in [-0.05, 0) is 54.5 Å². The van der Waals surface area contributed by atoms with Crippen LogP contribution >= 0.6 is 0 Å². The van der Waals surface area contributed by atoms with Crippen LogP contribution in [0.3, 0.4) is 0 Å². The van der Waals surface area contributed by atoms with Crippen molar-refractivity contribution in [3.63, 3.8) is 0 Å². The molecule has 0 saturated heterocycles. The second kappa shape index (κ2) is 8.67. The summed E-state index contributed by atoms with van der Waals surface area (Å²) in [5, 5.41) is 2.34. The zero-order valence-electron chi connectivity index (χ0n) is 18.1. The Morgan fingerprint density at radius 1 is 0.969 bits per heavy atom. The van der Waals surface area contributed by atoms with Crippen LogP contribution in [-0.4, -0.2) is 19.9 Å². The molecule has 4 nitrogen and oxygen atoms in total. The van der Waals surface area contributed by atoms with Crippen LogP contribution in [0.1, 0.15) is 35.7 Å². The molecule has 0 spiro atoms. The first kappa shape index (κ1) is 20.0. The van der Waals surface area contributed by atoms with Gasteiger partial charge >= 0.3 is 0 Å². The van der Waals surface area contributed by atoms with E-state index in [0.717, 1.165) is 36.0 Å². The van der Waals surface area contributed by atoms with Crippen molar-refractivity contribution < 1.29 is 4.79 Å². The summed E-state index contributed by atoms with van der Waals surface area (Å²) in [7, 11) is 0. The van der Waals surface area contributed by atoms with E-state index in [1.165, 1.54) is 16.4 Å². The molecule has 2 aromatic heterocycles. The second-order valence-electron chi connectivity index (χ2n) is 8.01. The molecule has 2 heterocycles. The average molecular weight is 420 g/mol. The van der Waals surface area contributed by atoms with Gasteiger partial charge in [0.15, 0.2) is 5.78 Å². The van der Waals surface area contributed by atoms with E-state index in [2.05, 4.69) is 46.8 Å². The fourth-order valence-electron chi connectivity index (χ4n) is 4.20.